The molecule has 0 unspecified atom stereocenters. The summed E-state index contributed by atoms with van der Waals surface area (Å²) in [5, 5.41) is 0.116. The van der Waals surface area contributed by atoms with Crippen molar-refractivity contribution in [1.82, 2.24) is 4.90 Å². The Kier molecular flexibility index (Phi) is 5.13. The highest BCUT2D eigenvalue weighted by atomic mass is 32.2. The second-order valence-electron chi connectivity index (χ2n) is 5.67. The van der Waals surface area contributed by atoms with Gasteiger partial charge in [-0.25, -0.2) is 0 Å². The number of thioether (sulfide) groups is 1. The van der Waals surface area contributed by atoms with Gasteiger partial charge in [0.05, 0.1) is 0 Å². The van der Waals surface area contributed by atoms with Crippen LogP contribution in [-0.2, 0) is 4.79 Å². The zero-order valence-electron chi connectivity index (χ0n) is 13.0. The molecular formula is C17H23NO3S. The second kappa shape index (κ2) is 7.27. The van der Waals surface area contributed by atoms with Crippen molar-refractivity contribution in [2.45, 2.75) is 38.0 Å². The molecule has 22 heavy (non-hydrogen) atoms. The molecule has 2 aliphatic rings. The van der Waals surface area contributed by atoms with Gasteiger partial charge in [0, 0.05) is 18.7 Å². The lowest BCUT2D eigenvalue weighted by Gasteiger charge is -2.26. The van der Waals surface area contributed by atoms with Crippen LogP contribution in [0, 0.1) is 0 Å². The molecule has 0 aromatic heterocycles. The number of ether oxygens (including phenoxy) is 2. The van der Waals surface area contributed by atoms with E-state index in [9.17, 15) is 4.79 Å². The fraction of sp³-hybridized carbons (Fsp3) is 0.588. The molecule has 1 fully saturated rings. The SMILES string of the molecule is CCCCCC(=O)N1CCS[C@H]1c1ccc2c(c1)OCCO2. The summed E-state index contributed by atoms with van der Waals surface area (Å²) in [5.41, 5.74) is 1.13. The molecule has 0 spiro atoms. The van der Waals surface area contributed by atoms with Crippen LogP contribution in [0.4, 0.5) is 0 Å². The maximum Gasteiger partial charge on any atom is 0.223 e. The number of hydrogen-bond acceptors (Lipinski definition) is 4. The fourth-order valence-electron chi connectivity index (χ4n) is 2.88. The van der Waals surface area contributed by atoms with Crippen molar-refractivity contribution in [3.8, 4) is 11.5 Å². The van der Waals surface area contributed by atoms with Crippen molar-refractivity contribution >= 4 is 17.7 Å². The average Bonchev–Trinajstić information content (AvgIpc) is 3.04. The van der Waals surface area contributed by atoms with Crippen LogP contribution in [0.25, 0.3) is 0 Å². The fourth-order valence-corrected chi connectivity index (χ4v) is 4.15. The minimum absolute atomic E-state index is 0.116. The maximum atomic E-state index is 12.4. The number of benzene rings is 1. The number of carbonyl (C=O) groups excluding carboxylic acids is 1. The lowest BCUT2D eigenvalue weighted by molar-refractivity contribution is -0.131. The van der Waals surface area contributed by atoms with E-state index >= 15 is 0 Å². The maximum absolute atomic E-state index is 12.4. The Labute approximate surface area is 136 Å². The van der Waals surface area contributed by atoms with E-state index in [1.807, 2.05) is 28.8 Å². The molecule has 1 atom stereocenters. The highest BCUT2D eigenvalue weighted by Gasteiger charge is 2.31. The average molecular weight is 321 g/mol. The van der Waals surface area contributed by atoms with Gasteiger partial charge < -0.3 is 14.4 Å². The normalized spacial score (nSPS) is 20.2. The molecule has 2 aliphatic heterocycles. The Bertz CT molecular complexity index is 535. The van der Waals surface area contributed by atoms with Crippen LogP contribution in [0.15, 0.2) is 18.2 Å². The van der Waals surface area contributed by atoms with Crippen molar-refractivity contribution < 1.29 is 14.3 Å². The van der Waals surface area contributed by atoms with Crippen LogP contribution < -0.4 is 9.47 Å². The first-order valence-corrected chi connectivity index (χ1v) is 9.15. The smallest absolute Gasteiger partial charge is 0.223 e. The molecule has 4 nitrogen and oxygen atoms in total. The summed E-state index contributed by atoms with van der Waals surface area (Å²) in [6.45, 7) is 4.20. The number of amides is 1. The number of unbranched alkanes of at least 4 members (excludes halogenated alkanes) is 2. The Morgan fingerprint density at radius 3 is 2.91 bits per heavy atom. The number of hydrogen-bond donors (Lipinski definition) is 0. The van der Waals surface area contributed by atoms with Crippen molar-refractivity contribution in [1.29, 1.82) is 0 Å². The van der Waals surface area contributed by atoms with Gasteiger partial charge in [-0.15, -0.1) is 11.8 Å². The Balaban J connectivity index is 1.71. The molecule has 1 aromatic carbocycles. The van der Waals surface area contributed by atoms with E-state index in [0.29, 0.717) is 19.6 Å². The van der Waals surface area contributed by atoms with Crippen LogP contribution in [-0.4, -0.2) is 36.3 Å². The van der Waals surface area contributed by atoms with Gasteiger partial charge in [-0.05, 0) is 24.1 Å². The van der Waals surface area contributed by atoms with Crippen LogP contribution in [0.3, 0.4) is 0 Å². The molecule has 2 heterocycles. The predicted octanol–water partition coefficient (Wildman–Crippen LogP) is 3.61. The molecule has 1 amide bonds. The quantitative estimate of drug-likeness (QED) is 0.777. The van der Waals surface area contributed by atoms with E-state index in [2.05, 4.69) is 13.0 Å². The molecule has 1 saturated heterocycles. The van der Waals surface area contributed by atoms with Gasteiger partial charge in [-0.1, -0.05) is 25.8 Å². The second-order valence-corrected chi connectivity index (χ2v) is 6.86. The number of rotatable bonds is 5. The Morgan fingerprint density at radius 2 is 2.09 bits per heavy atom. The topological polar surface area (TPSA) is 38.8 Å². The predicted molar refractivity (Wildman–Crippen MR) is 88.5 cm³/mol. The molecule has 0 aliphatic carbocycles. The summed E-state index contributed by atoms with van der Waals surface area (Å²) in [4.78, 5) is 14.5. The molecule has 0 N–H and O–H groups in total. The van der Waals surface area contributed by atoms with Crippen molar-refractivity contribution in [2.75, 3.05) is 25.5 Å². The van der Waals surface area contributed by atoms with Crippen LogP contribution >= 0.6 is 11.8 Å². The van der Waals surface area contributed by atoms with E-state index in [-0.39, 0.29) is 11.3 Å². The number of fused-ring (bicyclic) bond motifs is 1. The minimum Gasteiger partial charge on any atom is -0.486 e. The number of carbonyl (C=O) groups is 1. The van der Waals surface area contributed by atoms with E-state index in [4.69, 9.17) is 9.47 Å². The molecular weight excluding hydrogens is 298 g/mol. The number of nitrogens with zero attached hydrogens (tertiary/aromatic N) is 1. The third-order valence-corrected chi connectivity index (χ3v) is 5.32. The van der Waals surface area contributed by atoms with Gasteiger partial charge in [-0.3, -0.25) is 4.79 Å². The zero-order valence-corrected chi connectivity index (χ0v) is 13.9. The van der Waals surface area contributed by atoms with Gasteiger partial charge in [0.25, 0.3) is 0 Å². The van der Waals surface area contributed by atoms with Crippen LogP contribution in [0.5, 0.6) is 11.5 Å². The summed E-state index contributed by atoms with van der Waals surface area (Å²) in [6, 6.07) is 6.05. The highest BCUT2D eigenvalue weighted by Crippen LogP contribution is 2.42. The molecule has 3 rings (SSSR count). The Morgan fingerprint density at radius 1 is 1.27 bits per heavy atom. The largest absolute Gasteiger partial charge is 0.486 e. The first kappa shape index (κ1) is 15.5. The van der Waals surface area contributed by atoms with Gasteiger partial charge in [0.15, 0.2) is 11.5 Å². The Hall–Kier alpha value is -1.36. The molecule has 5 heteroatoms. The van der Waals surface area contributed by atoms with Gasteiger partial charge in [0.1, 0.15) is 18.6 Å². The lowest BCUT2D eigenvalue weighted by Crippen LogP contribution is -2.30. The molecule has 0 bridgehead atoms. The summed E-state index contributed by atoms with van der Waals surface area (Å²) in [6.07, 6.45) is 3.93. The van der Waals surface area contributed by atoms with Crippen LogP contribution in [0.2, 0.25) is 0 Å². The minimum atomic E-state index is 0.116. The highest BCUT2D eigenvalue weighted by molar-refractivity contribution is 7.99. The molecule has 1 aromatic rings. The summed E-state index contributed by atoms with van der Waals surface area (Å²) in [5.74, 6) is 2.88. The molecule has 0 radical (unpaired) electrons. The van der Waals surface area contributed by atoms with E-state index in [0.717, 1.165) is 48.6 Å². The third kappa shape index (κ3) is 3.35. The molecule has 120 valence electrons. The van der Waals surface area contributed by atoms with Crippen LogP contribution in [0.1, 0.15) is 43.5 Å². The standard InChI is InChI=1S/C17H23NO3S/c1-2-3-4-5-16(19)18-8-11-22-17(18)13-6-7-14-15(12-13)21-10-9-20-14/h6-7,12,17H,2-5,8-11H2,1H3/t17-/m0/s1. The third-order valence-electron chi connectivity index (χ3n) is 4.06. The molecule has 0 saturated carbocycles. The monoisotopic (exact) mass is 321 g/mol. The van der Waals surface area contributed by atoms with E-state index in [1.165, 1.54) is 0 Å². The van der Waals surface area contributed by atoms with Crippen molar-refractivity contribution in [3.63, 3.8) is 0 Å². The van der Waals surface area contributed by atoms with Crippen molar-refractivity contribution in [3.05, 3.63) is 23.8 Å². The zero-order chi connectivity index (χ0) is 15.4. The summed E-state index contributed by atoms with van der Waals surface area (Å²) >= 11 is 1.83. The van der Waals surface area contributed by atoms with Gasteiger partial charge in [0.2, 0.25) is 5.91 Å². The lowest BCUT2D eigenvalue weighted by atomic mass is 10.1. The van der Waals surface area contributed by atoms with Gasteiger partial charge >= 0.3 is 0 Å². The first-order valence-electron chi connectivity index (χ1n) is 8.10. The van der Waals surface area contributed by atoms with Crippen molar-refractivity contribution in [2.24, 2.45) is 0 Å². The van der Waals surface area contributed by atoms with Gasteiger partial charge in [-0.2, -0.15) is 0 Å². The first-order chi connectivity index (χ1) is 10.8. The summed E-state index contributed by atoms with van der Waals surface area (Å²) in [7, 11) is 0. The van der Waals surface area contributed by atoms with E-state index in [1.54, 1.807) is 0 Å². The van der Waals surface area contributed by atoms with E-state index < -0.39 is 0 Å². The summed E-state index contributed by atoms with van der Waals surface area (Å²) < 4.78 is 11.2.